The molecule has 3 aromatic heterocycles. The second kappa shape index (κ2) is 7.13. The maximum absolute atomic E-state index is 13.5. The van der Waals surface area contributed by atoms with E-state index < -0.39 is 23.5 Å². The van der Waals surface area contributed by atoms with Gasteiger partial charge in [0.05, 0.1) is 38.2 Å². The zero-order chi connectivity index (χ0) is 21.7. The number of nitrogens with zero attached hydrogens (tertiary/aromatic N) is 4. The van der Waals surface area contributed by atoms with Crippen molar-refractivity contribution < 1.29 is 14.7 Å². The monoisotopic (exact) mass is 431 g/mol. The molecule has 9 heteroatoms. The summed E-state index contributed by atoms with van der Waals surface area (Å²) < 4.78 is 0. The van der Waals surface area contributed by atoms with Gasteiger partial charge in [-0.25, -0.2) is 9.97 Å². The smallest absolute Gasteiger partial charge is 0.296 e. The van der Waals surface area contributed by atoms with Gasteiger partial charge in [-0.3, -0.25) is 19.5 Å². The molecular weight excluding hydrogens is 414 g/mol. The molecule has 0 bridgehead atoms. The minimum absolute atomic E-state index is 0.00907. The number of hydrogen-bond acceptors (Lipinski definition) is 7. The summed E-state index contributed by atoms with van der Waals surface area (Å²) in [6.07, 6.45) is 3.18. The maximum atomic E-state index is 13.5. The fraction of sp³-hybridized carbons (Fsp3) is 0.136. The maximum Gasteiger partial charge on any atom is 0.296 e. The molecule has 2 N–H and O–H groups in total. The van der Waals surface area contributed by atoms with E-state index in [0.29, 0.717) is 21.7 Å². The number of fused-ring (bicyclic) bond motifs is 1. The van der Waals surface area contributed by atoms with E-state index in [-0.39, 0.29) is 11.5 Å². The Morgan fingerprint density at radius 3 is 2.65 bits per heavy atom. The Balaban J connectivity index is 1.69. The predicted molar refractivity (Wildman–Crippen MR) is 116 cm³/mol. The van der Waals surface area contributed by atoms with Gasteiger partial charge >= 0.3 is 0 Å². The van der Waals surface area contributed by atoms with Crippen molar-refractivity contribution in [1.82, 2.24) is 19.9 Å². The van der Waals surface area contributed by atoms with Crippen LogP contribution in [0.15, 0.2) is 60.1 Å². The topological polar surface area (TPSA) is 112 Å². The highest BCUT2D eigenvalue weighted by Crippen LogP contribution is 2.42. The second-order valence-electron chi connectivity index (χ2n) is 7.18. The van der Waals surface area contributed by atoms with E-state index in [2.05, 4.69) is 19.9 Å². The van der Waals surface area contributed by atoms with Crippen molar-refractivity contribution >= 4 is 40.0 Å². The number of aromatic amines is 1. The van der Waals surface area contributed by atoms with Crippen LogP contribution in [-0.2, 0) is 4.79 Å². The van der Waals surface area contributed by atoms with Crippen LogP contribution in [0.3, 0.4) is 0 Å². The molecular formula is C22H17N5O3S. The number of carbonyl (C=O) groups excluding carboxylic acids is 2. The molecule has 5 rings (SSSR count). The molecule has 1 aliphatic heterocycles. The first-order valence-electron chi connectivity index (χ1n) is 9.56. The van der Waals surface area contributed by atoms with Gasteiger partial charge in [-0.05, 0) is 37.6 Å². The van der Waals surface area contributed by atoms with Crippen LogP contribution in [0.5, 0.6) is 0 Å². The average Bonchev–Trinajstić information content (AvgIpc) is 3.42. The Morgan fingerprint density at radius 2 is 1.97 bits per heavy atom. The summed E-state index contributed by atoms with van der Waals surface area (Å²) >= 11 is 1.24. The van der Waals surface area contributed by atoms with Crippen molar-refractivity contribution in [3.05, 3.63) is 81.3 Å². The molecule has 1 amide bonds. The van der Waals surface area contributed by atoms with E-state index in [4.69, 9.17) is 0 Å². The highest BCUT2D eigenvalue weighted by atomic mass is 32.1. The minimum atomic E-state index is -0.879. The van der Waals surface area contributed by atoms with Gasteiger partial charge in [0.1, 0.15) is 0 Å². The highest BCUT2D eigenvalue weighted by molar-refractivity contribution is 7.14. The Hall–Kier alpha value is -3.85. The summed E-state index contributed by atoms with van der Waals surface area (Å²) in [6, 6.07) is 9.96. The number of anilines is 1. The number of amides is 1. The number of aliphatic hydroxyl groups is 1. The lowest BCUT2D eigenvalue weighted by molar-refractivity contribution is -0.117. The summed E-state index contributed by atoms with van der Waals surface area (Å²) in [5.74, 6) is -1.48. The largest absolute Gasteiger partial charge is 0.503 e. The van der Waals surface area contributed by atoms with Gasteiger partial charge in [-0.2, -0.15) is 0 Å². The lowest BCUT2D eigenvalue weighted by Gasteiger charge is -2.24. The molecule has 154 valence electrons. The third kappa shape index (κ3) is 3.01. The number of H-pyrrole nitrogens is 1. The number of imidazole rings is 1. The van der Waals surface area contributed by atoms with E-state index in [9.17, 15) is 14.7 Å². The Bertz CT molecular complexity index is 1340. The fourth-order valence-electron chi connectivity index (χ4n) is 3.83. The van der Waals surface area contributed by atoms with Crippen LogP contribution < -0.4 is 4.90 Å². The predicted octanol–water partition coefficient (Wildman–Crippen LogP) is 3.81. The van der Waals surface area contributed by atoms with E-state index in [1.54, 1.807) is 31.5 Å². The number of rotatable bonds is 4. The van der Waals surface area contributed by atoms with E-state index >= 15 is 0 Å². The van der Waals surface area contributed by atoms with Gasteiger partial charge < -0.3 is 10.1 Å². The number of ketones is 1. The third-order valence-electron chi connectivity index (χ3n) is 5.17. The summed E-state index contributed by atoms with van der Waals surface area (Å²) in [6.45, 7) is 3.54. The van der Waals surface area contributed by atoms with E-state index in [1.165, 1.54) is 16.2 Å². The van der Waals surface area contributed by atoms with Gasteiger partial charge in [0.25, 0.3) is 5.91 Å². The van der Waals surface area contributed by atoms with Crippen LogP contribution >= 0.6 is 11.3 Å². The number of aromatic nitrogens is 4. The van der Waals surface area contributed by atoms with Crippen LogP contribution in [0.2, 0.25) is 0 Å². The number of para-hydroxylation sites is 2. The second-order valence-corrected chi connectivity index (χ2v) is 8.38. The molecule has 4 aromatic rings. The molecule has 0 spiro atoms. The van der Waals surface area contributed by atoms with Crippen molar-refractivity contribution in [1.29, 1.82) is 0 Å². The summed E-state index contributed by atoms with van der Waals surface area (Å²) in [5.41, 5.74) is 2.55. The molecule has 1 atom stereocenters. The molecule has 0 radical (unpaired) electrons. The molecule has 0 fully saturated rings. The molecule has 1 aliphatic rings. The molecule has 31 heavy (non-hydrogen) atoms. The quantitative estimate of drug-likeness (QED) is 0.475. The Morgan fingerprint density at radius 1 is 1.16 bits per heavy atom. The van der Waals surface area contributed by atoms with E-state index in [0.717, 1.165) is 10.5 Å². The molecule has 0 saturated heterocycles. The first kappa shape index (κ1) is 19.1. The highest BCUT2D eigenvalue weighted by Gasteiger charge is 2.46. The number of carbonyl (C=O) groups is 2. The van der Waals surface area contributed by atoms with Crippen molar-refractivity contribution in [3.8, 4) is 0 Å². The van der Waals surface area contributed by atoms with Gasteiger partial charge in [-0.1, -0.05) is 18.2 Å². The number of Topliss-reactive ketones (excluding diaryl/α,β-unsaturated/α-hetero) is 1. The fourth-order valence-corrected chi connectivity index (χ4v) is 4.70. The third-order valence-corrected chi connectivity index (χ3v) is 6.24. The molecule has 1 aromatic carbocycles. The molecule has 1 unspecified atom stereocenters. The van der Waals surface area contributed by atoms with Crippen molar-refractivity contribution in [2.24, 2.45) is 0 Å². The summed E-state index contributed by atoms with van der Waals surface area (Å²) in [4.78, 5) is 44.5. The number of aliphatic hydroxyl groups excluding tert-OH is 1. The number of pyridine rings is 1. The van der Waals surface area contributed by atoms with Crippen molar-refractivity contribution in [3.63, 3.8) is 0 Å². The van der Waals surface area contributed by atoms with Crippen molar-refractivity contribution in [2.45, 2.75) is 19.9 Å². The summed E-state index contributed by atoms with van der Waals surface area (Å²) in [7, 11) is 0. The molecule has 0 aliphatic carbocycles. The van der Waals surface area contributed by atoms with Gasteiger partial charge in [-0.15, -0.1) is 11.3 Å². The van der Waals surface area contributed by atoms with Crippen LogP contribution in [0.4, 0.5) is 5.95 Å². The first-order chi connectivity index (χ1) is 15.0. The lowest BCUT2D eigenvalue weighted by atomic mass is 9.96. The summed E-state index contributed by atoms with van der Waals surface area (Å²) in [5, 5.41) is 11.5. The van der Waals surface area contributed by atoms with Crippen LogP contribution in [0, 0.1) is 13.8 Å². The van der Waals surface area contributed by atoms with Gasteiger partial charge in [0.15, 0.2) is 5.76 Å². The van der Waals surface area contributed by atoms with Crippen LogP contribution in [-0.4, -0.2) is 36.7 Å². The number of hydrogen-bond donors (Lipinski definition) is 2. The standard InChI is InChI=1S/C22H17N5O3S/c1-11-20(31-12(2)24-11)18(28)16-17(13-6-5-9-23-10-13)27(21(30)19(16)29)22-25-14-7-3-4-8-15(14)26-22/h3-10,17,29H,1-2H3,(H,25,26). The average molecular weight is 431 g/mol. The van der Waals surface area contributed by atoms with Crippen molar-refractivity contribution in [2.75, 3.05) is 4.90 Å². The normalized spacial score (nSPS) is 16.5. The molecule has 4 heterocycles. The Labute approximate surface area is 180 Å². The van der Waals surface area contributed by atoms with E-state index in [1.807, 2.05) is 31.2 Å². The molecule has 8 nitrogen and oxygen atoms in total. The van der Waals surface area contributed by atoms with Gasteiger partial charge in [0, 0.05) is 12.4 Å². The van der Waals surface area contributed by atoms with Gasteiger partial charge in [0.2, 0.25) is 11.7 Å². The number of benzene rings is 1. The SMILES string of the molecule is Cc1nc(C)c(C(=O)C2=C(O)C(=O)N(c3nc4ccccc4[nH]3)C2c2cccnc2)s1. The van der Waals surface area contributed by atoms with Crippen LogP contribution in [0.1, 0.15) is 32.0 Å². The number of nitrogens with one attached hydrogen (secondary N) is 1. The molecule has 0 saturated carbocycles. The number of aryl methyl sites for hydroxylation is 2. The van der Waals surface area contributed by atoms with Crippen LogP contribution in [0.25, 0.3) is 11.0 Å². The lowest BCUT2D eigenvalue weighted by Crippen LogP contribution is -2.32. The first-order valence-corrected chi connectivity index (χ1v) is 10.4. The Kier molecular flexibility index (Phi) is 4.40. The zero-order valence-corrected chi connectivity index (χ0v) is 17.5. The number of thiazole rings is 1. The zero-order valence-electron chi connectivity index (χ0n) is 16.7. The minimum Gasteiger partial charge on any atom is -0.503 e.